The van der Waals surface area contributed by atoms with Gasteiger partial charge in [0, 0.05) is 4.90 Å². The van der Waals surface area contributed by atoms with E-state index in [0.29, 0.717) is 17.5 Å². The topological polar surface area (TPSA) is 64.9 Å². The van der Waals surface area contributed by atoms with Gasteiger partial charge in [0.1, 0.15) is 5.82 Å². The highest BCUT2D eigenvalue weighted by Crippen LogP contribution is 2.23. The van der Waals surface area contributed by atoms with Crippen LogP contribution in [-0.4, -0.2) is 10.1 Å². The predicted molar refractivity (Wildman–Crippen MR) is 72.1 cm³/mol. The fraction of sp³-hybridized carbons (Fsp3) is 0.385. The second kappa shape index (κ2) is 6.68. The van der Waals surface area contributed by atoms with Crippen LogP contribution >= 0.6 is 11.8 Å². The van der Waals surface area contributed by atoms with Crippen LogP contribution < -0.4 is 5.73 Å². The third kappa shape index (κ3) is 4.04. The minimum Gasteiger partial charge on any atom is -0.338 e. The molecule has 6 heteroatoms. The van der Waals surface area contributed by atoms with Crippen LogP contribution in [-0.2, 0) is 5.75 Å². The van der Waals surface area contributed by atoms with E-state index < -0.39 is 0 Å². The molecule has 0 saturated heterocycles. The fourth-order valence-corrected chi connectivity index (χ4v) is 2.40. The number of halogens is 1. The van der Waals surface area contributed by atoms with Crippen LogP contribution in [0.2, 0.25) is 0 Å². The molecule has 4 nitrogen and oxygen atoms in total. The molecule has 0 aliphatic heterocycles. The molecule has 0 bridgehead atoms. The van der Waals surface area contributed by atoms with Crippen molar-refractivity contribution in [2.24, 2.45) is 5.73 Å². The molecule has 0 unspecified atom stereocenters. The summed E-state index contributed by atoms with van der Waals surface area (Å²) in [5, 5.41) is 3.88. The third-order valence-corrected chi connectivity index (χ3v) is 3.55. The first-order valence-corrected chi connectivity index (χ1v) is 7.14. The summed E-state index contributed by atoms with van der Waals surface area (Å²) in [6.45, 7) is 2.05. The number of thioether (sulfide) groups is 1. The van der Waals surface area contributed by atoms with Gasteiger partial charge in [-0.1, -0.05) is 24.6 Å². The summed E-state index contributed by atoms with van der Waals surface area (Å²) in [6.07, 6.45) is 1.79. The van der Waals surface area contributed by atoms with E-state index in [1.807, 2.05) is 6.07 Å². The highest BCUT2D eigenvalue weighted by atomic mass is 32.2. The lowest BCUT2D eigenvalue weighted by molar-refractivity contribution is 0.345. The number of aromatic nitrogens is 2. The van der Waals surface area contributed by atoms with E-state index in [9.17, 15) is 4.39 Å². The Balaban J connectivity index is 1.93. The minimum absolute atomic E-state index is 0.203. The first kappa shape index (κ1) is 14.0. The zero-order valence-electron chi connectivity index (χ0n) is 10.7. The lowest BCUT2D eigenvalue weighted by atomic mass is 10.2. The largest absolute Gasteiger partial charge is 0.338 e. The standard InChI is InChI=1S/C13H16FN3OS/c1-2-4-11(15)13-16-12(17-18-13)8-19-10-6-3-5-9(14)7-10/h3,5-7,11H,2,4,8,15H2,1H3/t11-/m1/s1. The van der Waals surface area contributed by atoms with E-state index in [4.69, 9.17) is 10.3 Å². The molecule has 2 N–H and O–H groups in total. The molecule has 0 radical (unpaired) electrons. The van der Waals surface area contributed by atoms with Crippen LogP contribution in [0.4, 0.5) is 4.39 Å². The Bertz CT molecular complexity index is 532. The molecule has 0 amide bonds. The number of benzene rings is 1. The van der Waals surface area contributed by atoms with Crippen molar-refractivity contribution >= 4 is 11.8 Å². The molecule has 102 valence electrons. The van der Waals surface area contributed by atoms with Crippen LogP contribution in [0.1, 0.15) is 37.5 Å². The minimum atomic E-state index is -0.247. The molecule has 19 heavy (non-hydrogen) atoms. The summed E-state index contributed by atoms with van der Waals surface area (Å²) in [5.74, 6) is 1.34. The summed E-state index contributed by atoms with van der Waals surface area (Å²) < 4.78 is 18.1. The van der Waals surface area contributed by atoms with Crippen molar-refractivity contribution in [2.45, 2.75) is 36.5 Å². The average molecular weight is 281 g/mol. The number of nitrogens with two attached hydrogens (primary N) is 1. The van der Waals surface area contributed by atoms with Crippen LogP contribution in [0.5, 0.6) is 0 Å². The zero-order valence-corrected chi connectivity index (χ0v) is 11.5. The monoisotopic (exact) mass is 281 g/mol. The van der Waals surface area contributed by atoms with E-state index in [1.165, 1.54) is 23.9 Å². The predicted octanol–water partition coefficient (Wildman–Crippen LogP) is 3.30. The Morgan fingerprint density at radius 3 is 3.05 bits per heavy atom. The van der Waals surface area contributed by atoms with Crippen molar-refractivity contribution in [3.63, 3.8) is 0 Å². The van der Waals surface area contributed by atoms with Crippen molar-refractivity contribution in [1.82, 2.24) is 10.1 Å². The van der Waals surface area contributed by atoms with Crippen molar-refractivity contribution in [3.05, 3.63) is 41.8 Å². The number of nitrogens with zero attached hydrogens (tertiary/aromatic N) is 2. The molecular weight excluding hydrogens is 265 g/mol. The van der Waals surface area contributed by atoms with Crippen molar-refractivity contribution in [2.75, 3.05) is 0 Å². The quantitative estimate of drug-likeness (QED) is 0.823. The van der Waals surface area contributed by atoms with E-state index in [1.54, 1.807) is 6.07 Å². The molecule has 1 aromatic carbocycles. The Morgan fingerprint density at radius 2 is 2.32 bits per heavy atom. The van der Waals surface area contributed by atoms with Crippen LogP contribution in [0.15, 0.2) is 33.7 Å². The summed E-state index contributed by atoms with van der Waals surface area (Å²) in [5.41, 5.74) is 5.89. The van der Waals surface area contributed by atoms with Crippen LogP contribution in [0, 0.1) is 5.82 Å². The Kier molecular flexibility index (Phi) is 4.93. The van der Waals surface area contributed by atoms with Crippen LogP contribution in [0.3, 0.4) is 0 Å². The first-order chi connectivity index (χ1) is 9.19. The van der Waals surface area contributed by atoms with E-state index in [-0.39, 0.29) is 11.9 Å². The lowest BCUT2D eigenvalue weighted by Gasteiger charge is -2.02. The molecule has 1 heterocycles. The molecule has 0 aliphatic rings. The van der Waals surface area contributed by atoms with Crippen LogP contribution in [0.25, 0.3) is 0 Å². The Morgan fingerprint density at radius 1 is 1.47 bits per heavy atom. The second-order valence-corrected chi connectivity index (χ2v) is 5.24. The Hall–Kier alpha value is -1.40. The molecular formula is C13H16FN3OS. The number of rotatable bonds is 6. The van der Waals surface area contributed by atoms with Gasteiger partial charge in [-0.15, -0.1) is 11.8 Å². The summed E-state index contributed by atoms with van der Waals surface area (Å²) in [4.78, 5) is 5.09. The first-order valence-electron chi connectivity index (χ1n) is 6.15. The maximum absolute atomic E-state index is 13.0. The molecule has 0 saturated carbocycles. The highest BCUT2D eigenvalue weighted by Gasteiger charge is 2.13. The van der Waals surface area contributed by atoms with Gasteiger partial charge in [0.05, 0.1) is 11.8 Å². The van der Waals surface area contributed by atoms with Crippen molar-refractivity contribution in [3.8, 4) is 0 Å². The van der Waals surface area contributed by atoms with Gasteiger partial charge in [0.15, 0.2) is 5.82 Å². The molecule has 0 fully saturated rings. The normalized spacial score (nSPS) is 12.6. The van der Waals surface area contributed by atoms with E-state index >= 15 is 0 Å². The van der Waals surface area contributed by atoms with Gasteiger partial charge >= 0.3 is 0 Å². The maximum Gasteiger partial charge on any atom is 0.243 e. The molecule has 0 aliphatic carbocycles. The lowest BCUT2D eigenvalue weighted by Crippen LogP contribution is -2.10. The third-order valence-electron chi connectivity index (χ3n) is 2.56. The van der Waals surface area contributed by atoms with Gasteiger partial charge in [-0.2, -0.15) is 4.98 Å². The molecule has 0 spiro atoms. The Labute approximate surface area is 115 Å². The van der Waals surface area contributed by atoms with Gasteiger partial charge in [-0.25, -0.2) is 4.39 Å². The van der Waals surface area contributed by atoms with Gasteiger partial charge in [-0.3, -0.25) is 0 Å². The van der Waals surface area contributed by atoms with Gasteiger partial charge in [0.25, 0.3) is 0 Å². The highest BCUT2D eigenvalue weighted by molar-refractivity contribution is 7.98. The zero-order chi connectivity index (χ0) is 13.7. The number of hydrogen-bond acceptors (Lipinski definition) is 5. The average Bonchev–Trinajstić information content (AvgIpc) is 2.86. The van der Waals surface area contributed by atoms with Crippen molar-refractivity contribution < 1.29 is 8.91 Å². The van der Waals surface area contributed by atoms with Gasteiger partial charge < -0.3 is 10.3 Å². The molecule has 2 rings (SSSR count). The van der Waals surface area contributed by atoms with Gasteiger partial charge in [0.2, 0.25) is 5.89 Å². The summed E-state index contributed by atoms with van der Waals surface area (Å²) in [6, 6.07) is 6.22. The van der Waals surface area contributed by atoms with Gasteiger partial charge in [-0.05, 0) is 24.6 Å². The smallest absolute Gasteiger partial charge is 0.243 e. The van der Waals surface area contributed by atoms with Crippen molar-refractivity contribution in [1.29, 1.82) is 0 Å². The van der Waals surface area contributed by atoms with E-state index in [2.05, 4.69) is 17.1 Å². The second-order valence-electron chi connectivity index (χ2n) is 4.19. The van der Waals surface area contributed by atoms with E-state index in [0.717, 1.165) is 17.7 Å². The fourth-order valence-electron chi connectivity index (χ4n) is 1.62. The summed E-state index contributed by atoms with van der Waals surface area (Å²) in [7, 11) is 0. The summed E-state index contributed by atoms with van der Waals surface area (Å²) >= 11 is 1.46. The SMILES string of the molecule is CCC[C@@H](N)c1nc(CSc2cccc(F)c2)no1. The molecule has 2 aromatic rings. The maximum atomic E-state index is 13.0. The molecule has 1 atom stereocenters. The number of hydrogen-bond donors (Lipinski definition) is 1. The molecule has 1 aromatic heterocycles.